The van der Waals surface area contributed by atoms with Crippen LogP contribution in [0.1, 0.15) is 52.9 Å². The summed E-state index contributed by atoms with van der Waals surface area (Å²) in [5.41, 5.74) is -0.124. The molecule has 0 radical (unpaired) electrons. The molecule has 1 saturated carbocycles. The standard InChI is InChI=1S/C14H26N2O3/c1-10(2)8-11(12(17)18)9-15-13(19)16-14(3)6-4-5-7-14/h10-11H,4-9H2,1-3H3,(H,17,18)(H2,15,16,19). The van der Waals surface area contributed by atoms with Crippen LogP contribution in [0.5, 0.6) is 0 Å². The number of carbonyl (C=O) groups is 2. The summed E-state index contributed by atoms with van der Waals surface area (Å²) in [5.74, 6) is -1.05. The van der Waals surface area contributed by atoms with Gasteiger partial charge < -0.3 is 15.7 Å². The van der Waals surface area contributed by atoms with Crippen LogP contribution in [0.15, 0.2) is 0 Å². The van der Waals surface area contributed by atoms with E-state index in [1.54, 1.807) is 0 Å². The van der Waals surface area contributed by atoms with E-state index < -0.39 is 11.9 Å². The first-order chi connectivity index (χ1) is 8.82. The number of carboxylic acid groups (broad SMARTS) is 1. The van der Waals surface area contributed by atoms with Crippen molar-refractivity contribution in [3.05, 3.63) is 0 Å². The van der Waals surface area contributed by atoms with Crippen LogP contribution in [0.2, 0.25) is 0 Å². The lowest BCUT2D eigenvalue weighted by molar-refractivity contribution is -0.142. The zero-order chi connectivity index (χ0) is 14.5. The second-order valence-electron chi connectivity index (χ2n) is 6.27. The van der Waals surface area contributed by atoms with Gasteiger partial charge in [0.05, 0.1) is 5.92 Å². The number of urea groups is 1. The van der Waals surface area contributed by atoms with Crippen LogP contribution in [0, 0.1) is 11.8 Å². The lowest BCUT2D eigenvalue weighted by Crippen LogP contribution is -2.49. The highest BCUT2D eigenvalue weighted by Gasteiger charge is 2.30. The maximum Gasteiger partial charge on any atom is 0.315 e. The van der Waals surface area contributed by atoms with Crippen molar-refractivity contribution in [2.24, 2.45) is 11.8 Å². The molecule has 0 saturated heterocycles. The van der Waals surface area contributed by atoms with Crippen LogP contribution in [0.25, 0.3) is 0 Å². The highest BCUT2D eigenvalue weighted by molar-refractivity contribution is 5.76. The van der Waals surface area contributed by atoms with Crippen molar-refractivity contribution >= 4 is 12.0 Å². The quantitative estimate of drug-likeness (QED) is 0.693. The van der Waals surface area contributed by atoms with Crippen LogP contribution in [0.4, 0.5) is 4.79 Å². The summed E-state index contributed by atoms with van der Waals surface area (Å²) in [7, 11) is 0. The van der Waals surface area contributed by atoms with E-state index >= 15 is 0 Å². The van der Waals surface area contributed by atoms with E-state index in [-0.39, 0.29) is 18.1 Å². The third-order valence-corrected chi connectivity index (χ3v) is 3.74. The van der Waals surface area contributed by atoms with E-state index in [0.29, 0.717) is 12.3 Å². The molecule has 5 heteroatoms. The van der Waals surface area contributed by atoms with Crippen molar-refractivity contribution in [3.8, 4) is 0 Å². The minimum atomic E-state index is -0.846. The summed E-state index contributed by atoms with van der Waals surface area (Å²) >= 11 is 0. The van der Waals surface area contributed by atoms with Gasteiger partial charge >= 0.3 is 12.0 Å². The van der Waals surface area contributed by atoms with Gasteiger partial charge in [-0.2, -0.15) is 0 Å². The summed E-state index contributed by atoms with van der Waals surface area (Å²) in [5, 5.41) is 14.7. The number of carbonyl (C=O) groups excluding carboxylic acids is 1. The van der Waals surface area contributed by atoms with E-state index in [0.717, 1.165) is 25.7 Å². The average molecular weight is 270 g/mol. The lowest BCUT2D eigenvalue weighted by atomic mass is 9.97. The molecule has 0 aromatic carbocycles. The molecule has 110 valence electrons. The zero-order valence-corrected chi connectivity index (χ0v) is 12.2. The molecule has 1 atom stereocenters. The SMILES string of the molecule is CC(C)CC(CNC(=O)NC1(C)CCCC1)C(=O)O. The third kappa shape index (κ3) is 5.49. The molecule has 2 amide bonds. The summed E-state index contributed by atoms with van der Waals surface area (Å²) in [6.45, 7) is 6.20. The third-order valence-electron chi connectivity index (χ3n) is 3.74. The molecule has 5 nitrogen and oxygen atoms in total. The molecule has 0 heterocycles. The highest BCUT2D eigenvalue weighted by atomic mass is 16.4. The van der Waals surface area contributed by atoms with Crippen LogP contribution < -0.4 is 10.6 Å². The molecular formula is C14H26N2O3. The van der Waals surface area contributed by atoms with Gasteiger partial charge in [0.15, 0.2) is 0 Å². The van der Waals surface area contributed by atoms with Crippen molar-refractivity contribution in [3.63, 3.8) is 0 Å². The molecule has 0 aromatic rings. The van der Waals surface area contributed by atoms with Crippen molar-refractivity contribution in [1.82, 2.24) is 10.6 Å². The van der Waals surface area contributed by atoms with E-state index in [9.17, 15) is 9.59 Å². The Kier molecular flexibility index (Phi) is 5.63. The second-order valence-corrected chi connectivity index (χ2v) is 6.27. The van der Waals surface area contributed by atoms with E-state index in [1.165, 1.54) is 0 Å². The van der Waals surface area contributed by atoms with Crippen LogP contribution in [-0.2, 0) is 4.79 Å². The Balaban J connectivity index is 2.37. The summed E-state index contributed by atoms with van der Waals surface area (Å²) < 4.78 is 0. The number of amides is 2. The predicted molar refractivity (Wildman–Crippen MR) is 74.0 cm³/mol. The first-order valence-corrected chi connectivity index (χ1v) is 7.11. The topological polar surface area (TPSA) is 78.4 Å². The second kappa shape index (κ2) is 6.78. The van der Waals surface area contributed by atoms with Gasteiger partial charge in [0, 0.05) is 12.1 Å². The Morgan fingerprint density at radius 2 is 1.84 bits per heavy atom. The largest absolute Gasteiger partial charge is 0.481 e. The molecule has 1 fully saturated rings. The van der Waals surface area contributed by atoms with Crippen LogP contribution >= 0.6 is 0 Å². The monoisotopic (exact) mass is 270 g/mol. The lowest BCUT2D eigenvalue weighted by Gasteiger charge is -2.26. The fourth-order valence-corrected chi connectivity index (χ4v) is 2.66. The van der Waals surface area contributed by atoms with Gasteiger partial charge in [0.1, 0.15) is 0 Å². The maximum absolute atomic E-state index is 11.8. The molecule has 19 heavy (non-hydrogen) atoms. The fourth-order valence-electron chi connectivity index (χ4n) is 2.66. The molecule has 0 spiro atoms. The molecule has 1 aliphatic rings. The predicted octanol–water partition coefficient (Wildman–Crippen LogP) is 2.37. The smallest absolute Gasteiger partial charge is 0.315 e. The minimum Gasteiger partial charge on any atom is -0.481 e. The van der Waals surface area contributed by atoms with Gasteiger partial charge in [-0.25, -0.2) is 4.79 Å². The first-order valence-electron chi connectivity index (χ1n) is 7.11. The van der Waals surface area contributed by atoms with Crippen LogP contribution in [-0.4, -0.2) is 29.2 Å². The van der Waals surface area contributed by atoms with E-state index in [4.69, 9.17) is 5.11 Å². The van der Waals surface area contributed by atoms with Gasteiger partial charge in [-0.05, 0) is 32.1 Å². The molecule has 0 aliphatic heterocycles. The van der Waals surface area contributed by atoms with E-state index in [2.05, 4.69) is 10.6 Å². The normalized spacial score (nSPS) is 19.2. The molecule has 3 N–H and O–H groups in total. The molecule has 0 aromatic heterocycles. The molecule has 1 rings (SSSR count). The number of carboxylic acids is 1. The first kappa shape index (κ1) is 15.8. The Bertz CT molecular complexity index is 323. The van der Waals surface area contributed by atoms with E-state index in [1.807, 2.05) is 20.8 Å². The molecule has 1 unspecified atom stereocenters. The maximum atomic E-state index is 11.8. The average Bonchev–Trinajstić information content (AvgIpc) is 2.70. The van der Waals surface area contributed by atoms with Crippen molar-refractivity contribution in [2.45, 2.75) is 58.4 Å². The Hall–Kier alpha value is -1.26. The molecular weight excluding hydrogens is 244 g/mol. The summed E-state index contributed by atoms with van der Waals surface area (Å²) in [4.78, 5) is 22.9. The Morgan fingerprint density at radius 3 is 2.32 bits per heavy atom. The number of rotatable bonds is 6. The van der Waals surface area contributed by atoms with Crippen molar-refractivity contribution < 1.29 is 14.7 Å². The molecule has 1 aliphatic carbocycles. The van der Waals surface area contributed by atoms with Crippen molar-refractivity contribution in [1.29, 1.82) is 0 Å². The van der Waals surface area contributed by atoms with Gasteiger partial charge in [0.2, 0.25) is 0 Å². The highest BCUT2D eigenvalue weighted by Crippen LogP contribution is 2.28. The number of aliphatic carboxylic acids is 1. The Morgan fingerprint density at radius 1 is 1.26 bits per heavy atom. The molecule has 0 bridgehead atoms. The number of hydrogen-bond donors (Lipinski definition) is 3. The summed E-state index contributed by atoms with van der Waals surface area (Å²) in [6.07, 6.45) is 4.85. The fraction of sp³-hybridized carbons (Fsp3) is 0.857. The van der Waals surface area contributed by atoms with Gasteiger partial charge in [-0.15, -0.1) is 0 Å². The minimum absolute atomic E-state index is 0.124. The van der Waals surface area contributed by atoms with Gasteiger partial charge in [-0.1, -0.05) is 26.7 Å². The number of hydrogen-bond acceptors (Lipinski definition) is 2. The Labute approximate surface area is 115 Å². The number of nitrogens with one attached hydrogen (secondary N) is 2. The van der Waals surface area contributed by atoms with Crippen molar-refractivity contribution in [2.75, 3.05) is 6.54 Å². The van der Waals surface area contributed by atoms with Gasteiger partial charge in [0.25, 0.3) is 0 Å². The zero-order valence-electron chi connectivity index (χ0n) is 12.2. The summed E-state index contributed by atoms with van der Waals surface area (Å²) in [6, 6.07) is -0.251. The van der Waals surface area contributed by atoms with Crippen LogP contribution in [0.3, 0.4) is 0 Å². The van der Waals surface area contributed by atoms with Gasteiger partial charge in [-0.3, -0.25) is 4.79 Å².